The quantitative estimate of drug-likeness (QED) is 0.774. The van der Waals surface area contributed by atoms with Crippen LogP contribution in [0.5, 0.6) is 0 Å². The molecular formula is C15H21ClO2. The van der Waals surface area contributed by atoms with Gasteiger partial charge in [-0.1, -0.05) is 30.3 Å². The molecule has 0 N–H and O–H groups in total. The van der Waals surface area contributed by atoms with Gasteiger partial charge < -0.3 is 9.47 Å². The second-order valence-electron chi connectivity index (χ2n) is 5.29. The molecule has 1 aliphatic rings. The lowest BCUT2D eigenvalue weighted by atomic mass is 10.0. The Morgan fingerprint density at radius 2 is 1.83 bits per heavy atom. The monoisotopic (exact) mass is 268 g/mol. The van der Waals surface area contributed by atoms with Crippen molar-refractivity contribution in [1.82, 2.24) is 0 Å². The Kier molecular flexibility index (Phi) is 4.66. The minimum Gasteiger partial charge on any atom is -0.347 e. The van der Waals surface area contributed by atoms with E-state index in [2.05, 4.69) is 24.3 Å². The molecule has 2 rings (SSSR count). The fourth-order valence-electron chi connectivity index (χ4n) is 2.46. The Morgan fingerprint density at radius 3 is 2.50 bits per heavy atom. The molecule has 0 bridgehead atoms. The van der Waals surface area contributed by atoms with Gasteiger partial charge in [-0.25, -0.2) is 0 Å². The molecule has 18 heavy (non-hydrogen) atoms. The third kappa shape index (κ3) is 3.98. The lowest BCUT2D eigenvalue weighted by Gasteiger charge is -2.40. The van der Waals surface area contributed by atoms with E-state index in [1.54, 1.807) is 0 Å². The minimum absolute atomic E-state index is 0.108. The summed E-state index contributed by atoms with van der Waals surface area (Å²) in [6.07, 6.45) is 3.29. The third-order valence-electron chi connectivity index (χ3n) is 3.20. The van der Waals surface area contributed by atoms with Gasteiger partial charge in [-0.05, 0) is 32.3 Å². The van der Waals surface area contributed by atoms with Crippen molar-refractivity contribution >= 4 is 11.6 Å². The van der Waals surface area contributed by atoms with Crippen LogP contribution in [0.3, 0.4) is 0 Å². The van der Waals surface area contributed by atoms with Gasteiger partial charge in [-0.3, -0.25) is 0 Å². The first-order valence-corrected chi connectivity index (χ1v) is 7.08. The molecule has 2 atom stereocenters. The standard InChI is InChI=1S/C15H21ClO2/c1-15(2)17-13(10-14(11-16)18-15)9-8-12-6-4-3-5-7-12/h3-7,13-14H,8-11H2,1-2H3/t13-,14-/m0/s1. The number of rotatable bonds is 4. The third-order valence-corrected chi connectivity index (χ3v) is 3.54. The van der Waals surface area contributed by atoms with Crippen molar-refractivity contribution in [3.8, 4) is 0 Å². The molecule has 1 aromatic rings. The van der Waals surface area contributed by atoms with Gasteiger partial charge in [0.15, 0.2) is 5.79 Å². The van der Waals surface area contributed by atoms with E-state index in [0.29, 0.717) is 5.88 Å². The van der Waals surface area contributed by atoms with Crippen LogP contribution in [-0.2, 0) is 15.9 Å². The molecule has 1 aliphatic heterocycles. The average Bonchev–Trinajstić information content (AvgIpc) is 2.36. The van der Waals surface area contributed by atoms with Crippen molar-refractivity contribution in [2.45, 2.75) is 51.1 Å². The van der Waals surface area contributed by atoms with Crippen molar-refractivity contribution in [3.05, 3.63) is 35.9 Å². The Balaban J connectivity index is 1.89. The normalized spacial score (nSPS) is 27.1. The zero-order chi connectivity index (χ0) is 13.0. The van der Waals surface area contributed by atoms with Crippen molar-refractivity contribution in [3.63, 3.8) is 0 Å². The van der Waals surface area contributed by atoms with E-state index in [4.69, 9.17) is 21.1 Å². The van der Waals surface area contributed by atoms with Crippen LogP contribution >= 0.6 is 11.6 Å². The highest BCUT2D eigenvalue weighted by molar-refractivity contribution is 6.18. The van der Waals surface area contributed by atoms with Gasteiger partial charge in [0.05, 0.1) is 12.2 Å². The highest BCUT2D eigenvalue weighted by atomic mass is 35.5. The van der Waals surface area contributed by atoms with Crippen LogP contribution in [0.1, 0.15) is 32.3 Å². The van der Waals surface area contributed by atoms with Crippen molar-refractivity contribution in [1.29, 1.82) is 0 Å². The van der Waals surface area contributed by atoms with Crippen LogP contribution in [0.2, 0.25) is 0 Å². The fraction of sp³-hybridized carbons (Fsp3) is 0.600. The fourth-order valence-corrected chi connectivity index (χ4v) is 2.65. The summed E-state index contributed by atoms with van der Waals surface area (Å²) in [7, 11) is 0. The number of alkyl halides is 1. The van der Waals surface area contributed by atoms with Crippen LogP contribution in [0.25, 0.3) is 0 Å². The maximum Gasteiger partial charge on any atom is 0.163 e. The summed E-state index contributed by atoms with van der Waals surface area (Å²) in [6, 6.07) is 10.5. The molecule has 1 saturated heterocycles. The molecule has 0 amide bonds. The van der Waals surface area contributed by atoms with Crippen LogP contribution in [-0.4, -0.2) is 23.9 Å². The molecule has 0 aromatic heterocycles. The number of halogens is 1. The van der Waals surface area contributed by atoms with Gasteiger partial charge in [0, 0.05) is 12.3 Å². The first kappa shape index (κ1) is 13.9. The van der Waals surface area contributed by atoms with E-state index >= 15 is 0 Å². The van der Waals surface area contributed by atoms with Crippen molar-refractivity contribution in [2.24, 2.45) is 0 Å². The van der Waals surface area contributed by atoms with E-state index < -0.39 is 5.79 Å². The van der Waals surface area contributed by atoms with Gasteiger partial charge in [0.2, 0.25) is 0 Å². The smallest absolute Gasteiger partial charge is 0.163 e. The minimum atomic E-state index is -0.515. The highest BCUT2D eigenvalue weighted by Crippen LogP contribution is 2.29. The molecule has 2 nitrogen and oxygen atoms in total. The van der Waals surface area contributed by atoms with Gasteiger partial charge in [0.25, 0.3) is 0 Å². The average molecular weight is 269 g/mol. The lowest BCUT2D eigenvalue weighted by molar-refractivity contribution is -0.295. The summed E-state index contributed by atoms with van der Waals surface area (Å²) < 4.78 is 11.7. The predicted molar refractivity (Wildman–Crippen MR) is 73.9 cm³/mol. The molecule has 1 fully saturated rings. The second-order valence-corrected chi connectivity index (χ2v) is 5.60. The number of ether oxygens (including phenoxy) is 2. The molecule has 0 radical (unpaired) electrons. The summed E-state index contributed by atoms with van der Waals surface area (Å²) in [6.45, 7) is 3.92. The highest BCUT2D eigenvalue weighted by Gasteiger charge is 2.34. The SMILES string of the molecule is CC1(C)O[C@H](CCl)C[C@H](CCc2ccccc2)O1. The number of aryl methyl sites for hydroxylation is 1. The van der Waals surface area contributed by atoms with E-state index in [-0.39, 0.29) is 12.2 Å². The molecule has 0 unspecified atom stereocenters. The Bertz CT molecular complexity index is 364. The topological polar surface area (TPSA) is 18.5 Å². The Morgan fingerprint density at radius 1 is 1.17 bits per heavy atom. The van der Waals surface area contributed by atoms with Crippen LogP contribution in [0.4, 0.5) is 0 Å². The number of hydrogen-bond acceptors (Lipinski definition) is 2. The molecule has 1 aromatic carbocycles. The summed E-state index contributed by atoms with van der Waals surface area (Å²) in [4.78, 5) is 0. The first-order valence-electron chi connectivity index (χ1n) is 6.54. The summed E-state index contributed by atoms with van der Waals surface area (Å²) in [5, 5.41) is 0. The van der Waals surface area contributed by atoms with Gasteiger partial charge in [-0.2, -0.15) is 0 Å². The molecule has 0 spiro atoms. The Labute approximate surface area is 114 Å². The van der Waals surface area contributed by atoms with Crippen LogP contribution < -0.4 is 0 Å². The predicted octanol–water partition coefficient (Wildman–Crippen LogP) is 3.77. The van der Waals surface area contributed by atoms with E-state index in [9.17, 15) is 0 Å². The molecular weight excluding hydrogens is 248 g/mol. The molecule has 0 aliphatic carbocycles. The van der Waals surface area contributed by atoms with Crippen molar-refractivity contribution in [2.75, 3.05) is 5.88 Å². The lowest BCUT2D eigenvalue weighted by Crippen LogP contribution is -2.45. The molecule has 3 heteroatoms. The Hall–Kier alpha value is -0.570. The van der Waals surface area contributed by atoms with Crippen LogP contribution in [0, 0.1) is 0 Å². The zero-order valence-corrected chi connectivity index (χ0v) is 11.8. The van der Waals surface area contributed by atoms with Gasteiger partial charge in [0.1, 0.15) is 0 Å². The molecule has 0 saturated carbocycles. The van der Waals surface area contributed by atoms with E-state index in [1.165, 1.54) is 5.56 Å². The van der Waals surface area contributed by atoms with Gasteiger partial charge >= 0.3 is 0 Å². The van der Waals surface area contributed by atoms with E-state index in [0.717, 1.165) is 19.3 Å². The number of benzene rings is 1. The largest absolute Gasteiger partial charge is 0.347 e. The first-order chi connectivity index (χ1) is 8.59. The summed E-state index contributed by atoms with van der Waals surface area (Å²) >= 11 is 5.91. The second kappa shape index (κ2) is 6.05. The zero-order valence-electron chi connectivity index (χ0n) is 11.1. The molecule has 100 valence electrons. The van der Waals surface area contributed by atoms with Crippen molar-refractivity contribution < 1.29 is 9.47 Å². The maximum atomic E-state index is 5.95. The summed E-state index contributed by atoms with van der Waals surface area (Å²) in [5.74, 6) is 0.0216. The van der Waals surface area contributed by atoms with Crippen LogP contribution in [0.15, 0.2) is 30.3 Å². The summed E-state index contributed by atoms with van der Waals surface area (Å²) in [5.41, 5.74) is 1.35. The van der Waals surface area contributed by atoms with E-state index in [1.807, 2.05) is 19.9 Å². The molecule has 1 heterocycles. The van der Waals surface area contributed by atoms with Gasteiger partial charge in [-0.15, -0.1) is 11.6 Å². The maximum absolute atomic E-state index is 5.95. The number of hydrogen-bond donors (Lipinski definition) is 0.